The summed E-state index contributed by atoms with van der Waals surface area (Å²) in [6.45, 7) is 0. The second kappa shape index (κ2) is 6.76. The highest BCUT2D eigenvalue weighted by Crippen LogP contribution is 2.39. The Morgan fingerprint density at radius 3 is 1.35 bits per heavy atom. The minimum atomic E-state index is 0.741. The molecule has 2 nitrogen and oxygen atoms in total. The summed E-state index contributed by atoms with van der Waals surface area (Å²) < 4.78 is 0. The molecular formula is C20H19ClN2. The van der Waals surface area contributed by atoms with Crippen molar-refractivity contribution in [3.63, 3.8) is 0 Å². The van der Waals surface area contributed by atoms with Crippen LogP contribution in [0.3, 0.4) is 0 Å². The molecule has 3 rings (SSSR count). The third kappa shape index (κ3) is 3.17. The third-order valence-electron chi connectivity index (χ3n) is 3.97. The van der Waals surface area contributed by atoms with Gasteiger partial charge in [0.25, 0.3) is 0 Å². The molecule has 0 atom stereocenters. The van der Waals surface area contributed by atoms with Gasteiger partial charge in [-0.05, 0) is 36.4 Å². The molecule has 0 aliphatic carbocycles. The number of para-hydroxylation sites is 2. The van der Waals surface area contributed by atoms with E-state index in [9.17, 15) is 0 Å². The van der Waals surface area contributed by atoms with Crippen LogP contribution < -0.4 is 9.80 Å². The summed E-state index contributed by atoms with van der Waals surface area (Å²) in [6.07, 6.45) is 0. The summed E-state index contributed by atoms with van der Waals surface area (Å²) in [5.74, 6) is 0. The van der Waals surface area contributed by atoms with Crippen molar-refractivity contribution in [1.29, 1.82) is 0 Å². The van der Waals surface area contributed by atoms with Gasteiger partial charge < -0.3 is 9.80 Å². The smallest absolute Gasteiger partial charge is 0.0879 e. The Labute approximate surface area is 142 Å². The molecule has 0 spiro atoms. The molecule has 0 N–H and O–H groups in total. The van der Waals surface area contributed by atoms with Crippen LogP contribution in [-0.4, -0.2) is 14.1 Å². The minimum Gasteiger partial charge on any atom is -0.343 e. The predicted octanol–water partition coefficient (Wildman–Crippen LogP) is 5.88. The molecule has 0 aliphatic rings. The highest BCUT2D eigenvalue weighted by atomic mass is 35.5. The van der Waals surface area contributed by atoms with Gasteiger partial charge in [0.05, 0.1) is 16.4 Å². The average Bonchev–Trinajstić information content (AvgIpc) is 2.62. The molecule has 0 amide bonds. The van der Waals surface area contributed by atoms with E-state index in [1.807, 2.05) is 68.7 Å². The van der Waals surface area contributed by atoms with Gasteiger partial charge in [-0.2, -0.15) is 0 Å². The highest BCUT2D eigenvalue weighted by Gasteiger charge is 2.14. The Morgan fingerprint density at radius 1 is 0.565 bits per heavy atom. The molecular weight excluding hydrogens is 304 g/mol. The first-order chi connectivity index (χ1) is 11.2. The van der Waals surface area contributed by atoms with Gasteiger partial charge >= 0.3 is 0 Å². The van der Waals surface area contributed by atoms with Gasteiger partial charge in [0.15, 0.2) is 0 Å². The van der Waals surface area contributed by atoms with E-state index in [0.717, 1.165) is 27.8 Å². The first-order valence-electron chi connectivity index (χ1n) is 7.54. The standard InChI is InChI=1S/C20H19ClN2/c1-22(16-10-5-3-6-11-16)18-14-9-15-19(20(18)21)23(2)17-12-7-4-8-13-17/h3-15H,1-2H3. The molecule has 0 aromatic heterocycles. The molecule has 3 aromatic carbocycles. The second-order valence-corrected chi connectivity index (χ2v) is 5.78. The van der Waals surface area contributed by atoms with Crippen LogP contribution in [0.5, 0.6) is 0 Å². The molecule has 0 bridgehead atoms. The van der Waals surface area contributed by atoms with E-state index in [1.165, 1.54) is 0 Å². The van der Waals surface area contributed by atoms with Gasteiger partial charge in [-0.15, -0.1) is 0 Å². The fourth-order valence-corrected chi connectivity index (χ4v) is 2.99. The third-order valence-corrected chi connectivity index (χ3v) is 4.35. The van der Waals surface area contributed by atoms with Crippen molar-refractivity contribution in [2.24, 2.45) is 0 Å². The summed E-state index contributed by atoms with van der Waals surface area (Å²) in [5.41, 5.74) is 4.18. The molecule has 0 saturated carbocycles. The first-order valence-corrected chi connectivity index (χ1v) is 7.92. The summed E-state index contributed by atoms with van der Waals surface area (Å²) in [5, 5.41) is 0.741. The summed E-state index contributed by atoms with van der Waals surface area (Å²) in [6, 6.07) is 26.5. The number of hydrogen-bond donors (Lipinski definition) is 0. The monoisotopic (exact) mass is 322 g/mol. The lowest BCUT2D eigenvalue weighted by molar-refractivity contribution is 1.18. The van der Waals surface area contributed by atoms with Crippen LogP contribution in [0.2, 0.25) is 5.02 Å². The van der Waals surface area contributed by atoms with Gasteiger partial charge in [-0.1, -0.05) is 54.1 Å². The predicted molar refractivity (Wildman–Crippen MR) is 100 cm³/mol. The average molecular weight is 323 g/mol. The zero-order valence-electron chi connectivity index (χ0n) is 13.3. The van der Waals surface area contributed by atoms with Crippen molar-refractivity contribution in [1.82, 2.24) is 0 Å². The van der Waals surface area contributed by atoms with Crippen LogP contribution in [-0.2, 0) is 0 Å². The Bertz CT molecular complexity index is 708. The van der Waals surface area contributed by atoms with E-state index in [-0.39, 0.29) is 0 Å². The first kappa shape index (κ1) is 15.4. The van der Waals surface area contributed by atoms with Crippen molar-refractivity contribution in [2.75, 3.05) is 23.9 Å². The maximum absolute atomic E-state index is 6.71. The van der Waals surface area contributed by atoms with Crippen molar-refractivity contribution in [3.8, 4) is 0 Å². The van der Waals surface area contributed by atoms with E-state index in [1.54, 1.807) is 0 Å². The molecule has 23 heavy (non-hydrogen) atoms. The number of anilines is 4. The van der Waals surface area contributed by atoms with E-state index >= 15 is 0 Å². The zero-order chi connectivity index (χ0) is 16.2. The Morgan fingerprint density at radius 2 is 0.957 bits per heavy atom. The maximum Gasteiger partial charge on any atom is 0.0879 e. The van der Waals surface area contributed by atoms with Crippen LogP contribution in [0.1, 0.15) is 0 Å². The Kier molecular flexibility index (Phi) is 4.54. The van der Waals surface area contributed by atoms with E-state index < -0.39 is 0 Å². The van der Waals surface area contributed by atoms with E-state index in [2.05, 4.69) is 34.1 Å². The quantitative estimate of drug-likeness (QED) is 0.592. The van der Waals surface area contributed by atoms with E-state index in [0.29, 0.717) is 0 Å². The molecule has 0 fully saturated rings. The zero-order valence-corrected chi connectivity index (χ0v) is 14.0. The fourth-order valence-electron chi connectivity index (χ4n) is 2.61. The molecule has 0 saturated heterocycles. The lowest BCUT2D eigenvalue weighted by Crippen LogP contribution is -2.13. The molecule has 0 heterocycles. The van der Waals surface area contributed by atoms with Crippen LogP contribution in [0.4, 0.5) is 22.7 Å². The van der Waals surface area contributed by atoms with Crippen LogP contribution in [0.15, 0.2) is 78.9 Å². The molecule has 3 heteroatoms. The van der Waals surface area contributed by atoms with Crippen LogP contribution in [0, 0.1) is 0 Å². The van der Waals surface area contributed by atoms with Crippen molar-refractivity contribution >= 4 is 34.4 Å². The van der Waals surface area contributed by atoms with Crippen molar-refractivity contribution in [3.05, 3.63) is 83.9 Å². The Balaban J connectivity index is 1.99. The number of benzene rings is 3. The summed E-state index contributed by atoms with van der Waals surface area (Å²) in [4.78, 5) is 4.20. The maximum atomic E-state index is 6.71. The molecule has 3 aromatic rings. The SMILES string of the molecule is CN(c1ccccc1)c1cccc(N(C)c2ccccc2)c1Cl. The normalized spacial score (nSPS) is 10.4. The van der Waals surface area contributed by atoms with Crippen LogP contribution >= 0.6 is 11.6 Å². The molecule has 116 valence electrons. The summed E-state index contributed by atoms with van der Waals surface area (Å²) in [7, 11) is 4.06. The molecule has 0 unspecified atom stereocenters. The molecule has 0 radical (unpaired) electrons. The van der Waals surface area contributed by atoms with Gasteiger partial charge in [0.1, 0.15) is 0 Å². The van der Waals surface area contributed by atoms with Crippen molar-refractivity contribution < 1.29 is 0 Å². The minimum absolute atomic E-state index is 0.741. The lowest BCUT2D eigenvalue weighted by atomic mass is 10.2. The molecule has 0 aliphatic heterocycles. The number of halogens is 1. The number of rotatable bonds is 4. The van der Waals surface area contributed by atoms with Gasteiger partial charge in [-0.3, -0.25) is 0 Å². The fraction of sp³-hybridized carbons (Fsp3) is 0.100. The number of nitrogens with zero attached hydrogens (tertiary/aromatic N) is 2. The highest BCUT2D eigenvalue weighted by molar-refractivity contribution is 6.36. The largest absolute Gasteiger partial charge is 0.343 e. The second-order valence-electron chi connectivity index (χ2n) is 5.40. The lowest BCUT2D eigenvalue weighted by Gasteiger charge is -2.26. The van der Waals surface area contributed by atoms with Crippen molar-refractivity contribution in [2.45, 2.75) is 0 Å². The van der Waals surface area contributed by atoms with Crippen LogP contribution in [0.25, 0.3) is 0 Å². The van der Waals surface area contributed by atoms with E-state index in [4.69, 9.17) is 11.6 Å². The number of hydrogen-bond acceptors (Lipinski definition) is 2. The van der Waals surface area contributed by atoms with Gasteiger partial charge in [-0.25, -0.2) is 0 Å². The Hall–Kier alpha value is -2.45. The van der Waals surface area contributed by atoms with Gasteiger partial charge in [0.2, 0.25) is 0 Å². The van der Waals surface area contributed by atoms with Gasteiger partial charge in [0, 0.05) is 25.5 Å². The topological polar surface area (TPSA) is 6.48 Å². The summed E-state index contributed by atoms with van der Waals surface area (Å²) >= 11 is 6.71.